The number of nitrogens with zero attached hydrogens (tertiary/aromatic N) is 1. The molecule has 0 saturated heterocycles. The van der Waals surface area contributed by atoms with Crippen molar-refractivity contribution in [3.8, 4) is 0 Å². The van der Waals surface area contributed by atoms with Crippen LogP contribution in [0.3, 0.4) is 0 Å². The van der Waals surface area contributed by atoms with E-state index in [1.165, 1.54) is 4.90 Å². The Kier molecular flexibility index (Phi) is 5.23. The van der Waals surface area contributed by atoms with Crippen molar-refractivity contribution in [2.45, 2.75) is 25.2 Å². The van der Waals surface area contributed by atoms with Crippen molar-refractivity contribution >= 4 is 23.4 Å². The van der Waals surface area contributed by atoms with Gasteiger partial charge in [0.2, 0.25) is 5.91 Å². The molecule has 1 amide bonds. The summed E-state index contributed by atoms with van der Waals surface area (Å²) in [6.07, 6.45) is 2.73. The Morgan fingerprint density at radius 3 is 2.33 bits per heavy atom. The molecule has 0 fully saturated rings. The van der Waals surface area contributed by atoms with Gasteiger partial charge in [-0.2, -0.15) is 0 Å². The Bertz CT molecular complexity index is 401. The maximum absolute atomic E-state index is 12.4. The molecule has 0 unspecified atom stereocenters. The Morgan fingerprint density at radius 2 is 1.89 bits per heavy atom. The molecule has 0 heterocycles. The molecule has 0 bridgehead atoms. The van der Waals surface area contributed by atoms with Gasteiger partial charge in [0.25, 0.3) is 0 Å². The molecule has 0 saturated carbocycles. The van der Waals surface area contributed by atoms with Crippen LogP contribution in [0.15, 0.2) is 29.2 Å². The molecule has 4 heteroatoms. The number of benzene rings is 1. The summed E-state index contributed by atoms with van der Waals surface area (Å²) in [6.45, 7) is 4.40. The van der Waals surface area contributed by atoms with Crippen molar-refractivity contribution in [2.75, 3.05) is 24.7 Å². The van der Waals surface area contributed by atoms with Gasteiger partial charge in [0, 0.05) is 23.0 Å². The average molecular weight is 266 g/mol. The van der Waals surface area contributed by atoms with Gasteiger partial charge < -0.3 is 10.6 Å². The lowest BCUT2D eigenvalue weighted by Crippen LogP contribution is -2.39. The number of carbonyl (C=O) groups excluding carboxylic acids is 1. The second kappa shape index (κ2) is 6.25. The normalized spacial score (nSPS) is 11.4. The summed E-state index contributed by atoms with van der Waals surface area (Å²) in [4.78, 5) is 15.3. The van der Waals surface area contributed by atoms with Crippen LogP contribution in [0.2, 0.25) is 0 Å². The molecule has 100 valence electrons. The lowest BCUT2D eigenvalue weighted by molar-refractivity contribution is -0.126. The molecule has 0 aromatic heterocycles. The molecule has 0 atom stereocenters. The van der Waals surface area contributed by atoms with E-state index >= 15 is 0 Å². The van der Waals surface area contributed by atoms with E-state index in [9.17, 15) is 4.79 Å². The van der Waals surface area contributed by atoms with Crippen molar-refractivity contribution in [1.29, 1.82) is 0 Å². The molecule has 2 N–H and O–H groups in total. The molecule has 1 rings (SSSR count). The standard InChI is InChI=1S/C14H22N2OS/c1-14(2,9-10-15)13(17)16(3)11-5-7-12(18-4)8-6-11/h5-8H,9-10,15H2,1-4H3. The van der Waals surface area contributed by atoms with E-state index in [4.69, 9.17) is 5.73 Å². The van der Waals surface area contributed by atoms with Gasteiger partial charge in [-0.1, -0.05) is 13.8 Å². The summed E-state index contributed by atoms with van der Waals surface area (Å²) in [5.41, 5.74) is 6.06. The minimum atomic E-state index is -0.415. The Balaban J connectivity index is 2.85. The van der Waals surface area contributed by atoms with Gasteiger partial charge in [0.05, 0.1) is 0 Å². The number of thioether (sulfide) groups is 1. The van der Waals surface area contributed by atoms with E-state index in [1.807, 2.05) is 51.4 Å². The van der Waals surface area contributed by atoms with Gasteiger partial charge >= 0.3 is 0 Å². The molecule has 18 heavy (non-hydrogen) atoms. The number of carbonyl (C=O) groups is 1. The van der Waals surface area contributed by atoms with E-state index in [-0.39, 0.29) is 5.91 Å². The van der Waals surface area contributed by atoms with Gasteiger partial charge in [-0.05, 0) is 43.5 Å². The molecule has 0 spiro atoms. The zero-order valence-electron chi connectivity index (χ0n) is 11.6. The molecule has 0 aliphatic rings. The van der Waals surface area contributed by atoms with Crippen LogP contribution in [0.1, 0.15) is 20.3 Å². The van der Waals surface area contributed by atoms with E-state index in [2.05, 4.69) is 0 Å². The maximum Gasteiger partial charge on any atom is 0.232 e. The van der Waals surface area contributed by atoms with Crippen molar-refractivity contribution in [2.24, 2.45) is 11.1 Å². The highest BCUT2D eigenvalue weighted by Gasteiger charge is 2.30. The van der Waals surface area contributed by atoms with Crippen molar-refractivity contribution in [1.82, 2.24) is 0 Å². The topological polar surface area (TPSA) is 46.3 Å². The third-order valence-electron chi connectivity index (χ3n) is 3.11. The smallest absolute Gasteiger partial charge is 0.232 e. The molecule has 1 aromatic carbocycles. The first-order valence-electron chi connectivity index (χ1n) is 6.04. The first-order chi connectivity index (χ1) is 8.42. The predicted octanol–water partition coefficient (Wildman–Crippen LogP) is 2.75. The van der Waals surface area contributed by atoms with Crippen LogP contribution in [0.5, 0.6) is 0 Å². The summed E-state index contributed by atoms with van der Waals surface area (Å²) < 4.78 is 0. The summed E-state index contributed by atoms with van der Waals surface area (Å²) in [5.74, 6) is 0.102. The minimum absolute atomic E-state index is 0.102. The zero-order chi connectivity index (χ0) is 13.8. The second-order valence-corrected chi connectivity index (χ2v) is 5.86. The van der Waals surface area contributed by atoms with Crippen LogP contribution in [-0.2, 0) is 4.79 Å². The monoisotopic (exact) mass is 266 g/mol. The third kappa shape index (κ3) is 3.50. The molecule has 0 aliphatic carbocycles. The number of nitrogens with two attached hydrogens (primary N) is 1. The summed E-state index contributed by atoms with van der Waals surface area (Å²) >= 11 is 1.69. The van der Waals surface area contributed by atoms with Crippen LogP contribution >= 0.6 is 11.8 Å². The number of amides is 1. The number of anilines is 1. The fourth-order valence-electron chi connectivity index (χ4n) is 1.84. The number of hydrogen-bond donors (Lipinski definition) is 1. The van der Waals surface area contributed by atoms with Gasteiger partial charge in [0.15, 0.2) is 0 Å². The number of hydrogen-bond acceptors (Lipinski definition) is 3. The molecule has 0 aliphatic heterocycles. The van der Waals surface area contributed by atoms with Crippen LogP contribution in [-0.4, -0.2) is 25.8 Å². The largest absolute Gasteiger partial charge is 0.330 e. The number of rotatable bonds is 5. The summed E-state index contributed by atoms with van der Waals surface area (Å²) in [7, 11) is 1.81. The first-order valence-corrected chi connectivity index (χ1v) is 7.27. The molecular formula is C14H22N2OS. The summed E-state index contributed by atoms with van der Waals surface area (Å²) in [6, 6.07) is 8.00. The first kappa shape index (κ1) is 15.1. The van der Waals surface area contributed by atoms with Crippen LogP contribution in [0.25, 0.3) is 0 Å². The van der Waals surface area contributed by atoms with Crippen molar-refractivity contribution in [3.05, 3.63) is 24.3 Å². The quantitative estimate of drug-likeness (QED) is 0.834. The summed E-state index contributed by atoms with van der Waals surface area (Å²) in [5, 5.41) is 0. The van der Waals surface area contributed by atoms with Gasteiger partial charge in [0.1, 0.15) is 0 Å². The fourth-order valence-corrected chi connectivity index (χ4v) is 2.25. The highest BCUT2D eigenvalue weighted by atomic mass is 32.2. The van der Waals surface area contributed by atoms with Crippen LogP contribution in [0, 0.1) is 5.41 Å². The van der Waals surface area contributed by atoms with Crippen LogP contribution < -0.4 is 10.6 Å². The molecule has 1 aromatic rings. The van der Waals surface area contributed by atoms with E-state index < -0.39 is 5.41 Å². The van der Waals surface area contributed by atoms with Crippen LogP contribution in [0.4, 0.5) is 5.69 Å². The van der Waals surface area contributed by atoms with E-state index in [1.54, 1.807) is 16.7 Å². The highest BCUT2D eigenvalue weighted by Crippen LogP contribution is 2.26. The maximum atomic E-state index is 12.4. The van der Waals surface area contributed by atoms with Gasteiger partial charge in [-0.15, -0.1) is 11.8 Å². The minimum Gasteiger partial charge on any atom is -0.330 e. The molecule has 0 radical (unpaired) electrons. The lowest BCUT2D eigenvalue weighted by Gasteiger charge is -2.29. The SMILES string of the molecule is CSc1ccc(N(C)C(=O)C(C)(C)CCN)cc1. The lowest BCUT2D eigenvalue weighted by atomic mass is 9.87. The highest BCUT2D eigenvalue weighted by molar-refractivity contribution is 7.98. The van der Waals surface area contributed by atoms with Gasteiger partial charge in [-0.3, -0.25) is 4.79 Å². The molecular weight excluding hydrogens is 244 g/mol. The second-order valence-electron chi connectivity index (χ2n) is 4.98. The third-order valence-corrected chi connectivity index (χ3v) is 3.86. The van der Waals surface area contributed by atoms with E-state index in [0.717, 1.165) is 5.69 Å². The van der Waals surface area contributed by atoms with Crippen molar-refractivity contribution < 1.29 is 4.79 Å². The zero-order valence-corrected chi connectivity index (χ0v) is 12.4. The van der Waals surface area contributed by atoms with E-state index in [0.29, 0.717) is 13.0 Å². The predicted molar refractivity (Wildman–Crippen MR) is 79.1 cm³/mol. The Hall–Kier alpha value is -1.00. The Labute approximate surface area is 114 Å². The Morgan fingerprint density at radius 1 is 1.33 bits per heavy atom. The van der Waals surface area contributed by atoms with Crippen molar-refractivity contribution in [3.63, 3.8) is 0 Å². The molecule has 3 nitrogen and oxygen atoms in total. The average Bonchev–Trinajstić information content (AvgIpc) is 2.37. The van der Waals surface area contributed by atoms with Gasteiger partial charge in [-0.25, -0.2) is 0 Å². The fraction of sp³-hybridized carbons (Fsp3) is 0.500.